The van der Waals surface area contributed by atoms with Gasteiger partial charge in [-0.25, -0.2) is 0 Å². The van der Waals surface area contributed by atoms with E-state index in [1.165, 1.54) is 15.3 Å². The zero-order valence-electron chi connectivity index (χ0n) is 13.0. The van der Waals surface area contributed by atoms with Crippen LogP contribution in [0.25, 0.3) is 0 Å². The van der Waals surface area contributed by atoms with Gasteiger partial charge >= 0.3 is 0 Å². The standard InChI is InChI=1S/C17H22ClNOS/c1-12-13(8-16(21-12)10-19-17(2,3)4)11-20-15-7-5-6-14(18)9-15/h5-9,19H,10-11H2,1-4H3. The molecule has 1 heterocycles. The van der Waals surface area contributed by atoms with E-state index in [-0.39, 0.29) is 5.54 Å². The van der Waals surface area contributed by atoms with Crippen LogP contribution in [-0.4, -0.2) is 5.54 Å². The molecular formula is C17H22ClNOS. The van der Waals surface area contributed by atoms with Crippen LogP contribution in [0.2, 0.25) is 5.02 Å². The third-order valence-electron chi connectivity index (χ3n) is 3.05. The van der Waals surface area contributed by atoms with E-state index in [2.05, 4.69) is 39.1 Å². The zero-order chi connectivity index (χ0) is 15.5. The van der Waals surface area contributed by atoms with Crippen LogP contribution >= 0.6 is 22.9 Å². The smallest absolute Gasteiger partial charge is 0.121 e. The SMILES string of the molecule is Cc1sc(CNC(C)(C)C)cc1COc1cccc(Cl)c1. The van der Waals surface area contributed by atoms with Crippen LogP contribution in [0.1, 0.15) is 36.1 Å². The van der Waals surface area contributed by atoms with Gasteiger partial charge in [0.2, 0.25) is 0 Å². The molecule has 4 heteroatoms. The summed E-state index contributed by atoms with van der Waals surface area (Å²) in [5.74, 6) is 0.808. The molecule has 0 saturated heterocycles. The molecule has 0 aliphatic carbocycles. The summed E-state index contributed by atoms with van der Waals surface area (Å²) in [6.45, 7) is 10.1. The fourth-order valence-electron chi connectivity index (χ4n) is 1.89. The molecule has 0 radical (unpaired) electrons. The molecule has 0 spiro atoms. The van der Waals surface area contributed by atoms with Crippen molar-refractivity contribution in [3.05, 3.63) is 50.7 Å². The summed E-state index contributed by atoms with van der Waals surface area (Å²) in [6.07, 6.45) is 0. The average molecular weight is 324 g/mol. The highest BCUT2D eigenvalue weighted by atomic mass is 35.5. The van der Waals surface area contributed by atoms with Gasteiger partial charge in [0, 0.05) is 32.4 Å². The molecule has 0 saturated carbocycles. The topological polar surface area (TPSA) is 21.3 Å². The number of thiophene rings is 1. The van der Waals surface area contributed by atoms with Gasteiger partial charge in [-0.15, -0.1) is 11.3 Å². The Balaban J connectivity index is 1.96. The number of hydrogen-bond donors (Lipinski definition) is 1. The number of aryl methyl sites for hydroxylation is 1. The van der Waals surface area contributed by atoms with Gasteiger partial charge in [-0.05, 0) is 52.0 Å². The summed E-state index contributed by atoms with van der Waals surface area (Å²) in [5, 5.41) is 4.21. The molecule has 0 fully saturated rings. The van der Waals surface area contributed by atoms with E-state index < -0.39 is 0 Å². The van der Waals surface area contributed by atoms with Crippen LogP contribution in [0.3, 0.4) is 0 Å². The molecule has 2 aromatic rings. The number of halogens is 1. The summed E-state index contributed by atoms with van der Waals surface area (Å²) in [5.41, 5.74) is 1.38. The largest absolute Gasteiger partial charge is 0.489 e. The number of nitrogens with one attached hydrogen (secondary N) is 1. The van der Waals surface area contributed by atoms with Gasteiger partial charge in [-0.1, -0.05) is 17.7 Å². The second-order valence-corrected chi connectivity index (χ2v) is 7.92. The molecule has 2 rings (SSSR count). The van der Waals surface area contributed by atoms with Gasteiger partial charge in [0.05, 0.1) is 0 Å². The Morgan fingerprint density at radius 1 is 1.24 bits per heavy atom. The fourth-order valence-corrected chi connectivity index (χ4v) is 3.06. The molecule has 0 atom stereocenters. The van der Waals surface area contributed by atoms with Crippen LogP contribution in [0.4, 0.5) is 0 Å². The first-order valence-corrected chi connectivity index (χ1v) is 8.24. The third-order valence-corrected chi connectivity index (χ3v) is 4.38. The van der Waals surface area contributed by atoms with Crippen LogP contribution in [0.5, 0.6) is 5.75 Å². The number of rotatable bonds is 5. The summed E-state index contributed by atoms with van der Waals surface area (Å²) in [6, 6.07) is 9.74. The lowest BCUT2D eigenvalue weighted by atomic mass is 10.1. The molecule has 2 nitrogen and oxygen atoms in total. The molecule has 114 valence electrons. The van der Waals surface area contributed by atoms with E-state index in [0.29, 0.717) is 11.6 Å². The van der Waals surface area contributed by atoms with Crippen LogP contribution in [0, 0.1) is 6.92 Å². The van der Waals surface area contributed by atoms with E-state index in [1.54, 1.807) is 0 Å². The number of ether oxygens (including phenoxy) is 1. The second kappa shape index (κ2) is 6.82. The molecule has 0 aliphatic heterocycles. The lowest BCUT2D eigenvalue weighted by Crippen LogP contribution is -2.34. The van der Waals surface area contributed by atoms with E-state index >= 15 is 0 Å². The Labute approximate surface area is 136 Å². The van der Waals surface area contributed by atoms with Gasteiger partial charge in [-0.2, -0.15) is 0 Å². The third kappa shape index (κ3) is 5.34. The minimum atomic E-state index is 0.134. The number of hydrogen-bond acceptors (Lipinski definition) is 3. The Morgan fingerprint density at radius 3 is 2.67 bits per heavy atom. The molecule has 1 aromatic heterocycles. The summed E-state index contributed by atoms with van der Waals surface area (Å²) in [7, 11) is 0. The van der Waals surface area contributed by atoms with E-state index in [9.17, 15) is 0 Å². The quantitative estimate of drug-likeness (QED) is 0.818. The highest BCUT2D eigenvalue weighted by Gasteiger charge is 2.11. The van der Waals surface area contributed by atoms with E-state index in [4.69, 9.17) is 16.3 Å². The minimum Gasteiger partial charge on any atom is -0.489 e. The Hall–Kier alpha value is -1.03. The molecule has 1 aromatic carbocycles. The molecular weight excluding hydrogens is 302 g/mol. The Kier molecular flexibility index (Phi) is 5.31. The van der Waals surface area contributed by atoms with Gasteiger partial charge in [0.25, 0.3) is 0 Å². The minimum absolute atomic E-state index is 0.134. The molecule has 0 aliphatic rings. The van der Waals surface area contributed by atoms with Crippen molar-refractivity contribution in [3.63, 3.8) is 0 Å². The second-order valence-electron chi connectivity index (χ2n) is 6.14. The molecule has 21 heavy (non-hydrogen) atoms. The lowest BCUT2D eigenvalue weighted by molar-refractivity contribution is 0.306. The van der Waals surface area contributed by atoms with Gasteiger partial charge in [0.1, 0.15) is 12.4 Å². The van der Waals surface area contributed by atoms with Crippen molar-refractivity contribution in [2.75, 3.05) is 0 Å². The summed E-state index contributed by atoms with van der Waals surface area (Å²) >= 11 is 7.78. The van der Waals surface area contributed by atoms with E-state index in [1.807, 2.05) is 35.6 Å². The van der Waals surface area contributed by atoms with Gasteiger partial charge < -0.3 is 10.1 Å². The molecule has 0 unspecified atom stereocenters. The van der Waals surface area contributed by atoms with Crippen molar-refractivity contribution in [1.82, 2.24) is 5.32 Å². The van der Waals surface area contributed by atoms with Gasteiger partial charge in [-0.3, -0.25) is 0 Å². The summed E-state index contributed by atoms with van der Waals surface area (Å²) in [4.78, 5) is 2.65. The lowest BCUT2D eigenvalue weighted by Gasteiger charge is -2.19. The van der Waals surface area contributed by atoms with Crippen molar-refractivity contribution in [3.8, 4) is 5.75 Å². The molecule has 0 bridgehead atoms. The fraction of sp³-hybridized carbons (Fsp3) is 0.412. The highest BCUT2D eigenvalue weighted by molar-refractivity contribution is 7.12. The Bertz CT molecular complexity index is 601. The zero-order valence-corrected chi connectivity index (χ0v) is 14.6. The maximum atomic E-state index is 5.96. The van der Waals surface area contributed by atoms with Crippen LogP contribution < -0.4 is 10.1 Å². The monoisotopic (exact) mass is 323 g/mol. The first-order valence-electron chi connectivity index (χ1n) is 7.05. The van der Waals surface area contributed by atoms with Crippen molar-refractivity contribution >= 4 is 22.9 Å². The average Bonchev–Trinajstić information content (AvgIpc) is 2.74. The van der Waals surface area contributed by atoms with E-state index in [0.717, 1.165) is 12.3 Å². The van der Waals surface area contributed by atoms with Crippen molar-refractivity contribution < 1.29 is 4.74 Å². The van der Waals surface area contributed by atoms with Crippen LogP contribution in [0.15, 0.2) is 30.3 Å². The highest BCUT2D eigenvalue weighted by Crippen LogP contribution is 2.24. The van der Waals surface area contributed by atoms with Gasteiger partial charge in [0.15, 0.2) is 0 Å². The normalized spacial score (nSPS) is 11.7. The molecule has 0 amide bonds. The molecule has 1 N–H and O–H groups in total. The Morgan fingerprint density at radius 2 is 2.00 bits per heavy atom. The van der Waals surface area contributed by atoms with Crippen molar-refractivity contribution in [1.29, 1.82) is 0 Å². The maximum Gasteiger partial charge on any atom is 0.121 e. The predicted molar refractivity (Wildman–Crippen MR) is 91.4 cm³/mol. The predicted octanol–water partition coefficient (Wildman–Crippen LogP) is 5.18. The van der Waals surface area contributed by atoms with Crippen molar-refractivity contribution in [2.45, 2.75) is 46.4 Å². The summed E-state index contributed by atoms with van der Waals surface area (Å²) < 4.78 is 5.81. The maximum absolute atomic E-state index is 5.96. The van der Waals surface area contributed by atoms with Crippen LogP contribution in [-0.2, 0) is 13.2 Å². The first-order chi connectivity index (χ1) is 9.83. The first kappa shape index (κ1) is 16.3. The van der Waals surface area contributed by atoms with Crippen molar-refractivity contribution in [2.24, 2.45) is 0 Å². The number of benzene rings is 1.